The van der Waals surface area contributed by atoms with Crippen LogP contribution in [0.25, 0.3) is 0 Å². The van der Waals surface area contributed by atoms with E-state index >= 15 is 0 Å². The average Bonchev–Trinajstić information content (AvgIpc) is 3.24. The third kappa shape index (κ3) is 50.0. The van der Waals surface area contributed by atoms with Crippen LogP contribution in [0.3, 0.4) is 0 Å². The smallest absolute Gasteiger partial charge is 0.457 e. The van der Waals surface area contributed by atoms with Crippen molar-refractivity contribution in [2.75, 3.05) is 54.1 Å². The van der Waals surface area contributed by atoms with Gasteiger partial charge < -0.3 is 18.9 Å². The molecule has 0 aliphatic carbocycles. The van der Waals surface area contributed by atoms with Gasteiger partial charge in [-0.15, -0.1) is 0 Å². The lowest BCUT2D eigenvalue weighted by atomic mass is 10.1. The number of unbranched alkanes of at least 4 members (excludes halogenated alkanes) is 12. The predicted octanol–water partition coefficient (Wildman–Crippen LogP) is 15.2. The zero-order chi connectivity index (χ0) is 46.2. The van der Waals surface area contributed by atoms with Gasteiger partial charge >= 0.3 is 13.8 Å². The summed E-state index contributed by atoms with van der Waals surface area (Å²) in [5.74, 6) is -0.375. The van der Waals surface area contributed by atoms with Crippen LogP contribution in [0.1, 0.15) is 168 Å². The molecule has 2 unspecified atom stereocenters. The molecule has 1 N–H and O–H groups in total. The average molecular weight is 899 g/mol. The van der Waals surface area contributed by atoms with Crippen molar-refractivity contribution in [2.24, 2.45) is 0 Å². The van der Waals surface area contributed by atoms with E-state index in [0.717, 1.165) is 77.0 Å². The normalized spacial score (nSPS) is 14.6. The number of phosphoric acid groups is 1. The van der Waals surface area contributed by atoms with Crippen LogP contribution in [0.15, 0.2) is 109 Å². The zero-order valence-electron chi connectivity index (χ0n) is 40.8. The molecule has 2 atom stereocenters. The van der Waals surface area contributed by atoms with E-state index in [9.17, 15) is 14.3 Å². The van der Waals surface area contributed by atoms with E-state index < -0.39 is 13.9 Å². The molecule has 0 aliphatic rings. The Bertz CT molecular complexity index is 1370. The number of likely N-dealkylation sites (N-methyl/N-ethyl adjacent to an activating group) is 1. The third-order valence-corrected chi connectivity index (χ3v) is 10.8. The fourth-order valence-electron chi connectivity index (χ4n) is 6.11. The molecule has 0 bridgehead atoms. The summed E-state index contributed by atoms with van der Waals surface area (Å²) < 4.78 is 35.0. The van der Waals surface area contributed by atoms with Crippen LogP contribution in [0.5, 0.6) is 0 Å². The molecule has 0 aromatic carbocycles. The summed E-state index contributed by atoms with van der Waals surface area (Å²) in [6, 6.07) is 0. The first-order valence-electron chi connectivity index (χ1n) is 24.6. The number of esters is 1. The number of rotatable bonds is 44. The minimum atomic E-state index is -4.30. The Morgan fingerprint density at radius 3 is 1.30 bits per heavy atom. The minimum Gasteiger partial charge on any atom is -0.457 e. The number of nitrogens with zero attached hydrogens (tertiary/aromatic N) is 1. The Morgan fingerprint density at radius 2 is 0.873 bits per heavy atom. The number of hydrogen-bond acceptors (Lipinski definition) is 6. The highest BCUT2D eigenvalue weighted by Crippen LogP contribution is 2.43. The first kappa shape index (κ1) is 60.2. The highest BCUT2D eigenvalue weighted by atomic mass is 31.2. The molecule has 0 heterocycles. The van der Waals surface area contributed by atoms with Crippen LogP contribution < -0.4 is 0 Å². The summed E-state index contributed by atoms with van der Waals surface area (Å²) in [4.78, 5) is 22.9. The van der Waals surface area contributed by atoms with Gasteiger partial charge in [0.15, 0.2) is 0 Å². The minimum absolute atomic E-state index is 0.0712. The Balaban J connectivity index is 4.24. The first-order chi connectivity index (χ1) is 30.6. The molecule has 0 saturated heterocycles. The van der Waals surface area contributed by atoms with Crippen molar-refractivity contribution in [2.45, 2.75) is 174 Å². The molecule has 0 spiro atoms. The van der Waals surface area contributed by atoms with Gasteiger partial charge in [-0.05, 0) is 89.9 Å². The molecule has 0 radical (unpaired) electrons. The number of hydrogen-bond donors (Lipinski definition) is 1. The van der Waals surface area contributed by atoms with E-state index in [0.29, 0.717) is 24.1 Å². The molecule has 360 valence electrons. The number of ether oxygens (including phenoxy) is 2. The topological polar surface area (TPSA) is 91.3 Å². The largest absolute Gasteiger partial charge is 0.472 e. The van der Waals surface area contributed by atoms with Crippen LogP contribution in [0.4, 0.5) is 0 Å². The van der Waals surface area contributed by atoms with Crippen LogP contribution >= 0.6 is 7.82 Å². The highest BCUT2D eigenvalue weighted by Gasteiger charge is 2.26. The summed E-state index contributed by atoms with van der Waals surface area (Å²) in [6.45, 7) is 5.29. The van der Waals surface area contributed by atoms with E-state index in [2.05, 4.69) is 123 Å². The number of phosphoric ester groups is 1. The van der Waals surface area contributed by atoms with Crippen molar-refractivity contribution in [3.05, 3.63) is 109 Å². The first-order valence-corrected chi connectivity index (χ1v) is 26.1. The second kappa shape index (κ2) is 45.7. The van der Waals surface area contributed by atoms with Gasteiger partial charge in [0.25, 0.3) is 0 Å². The van der Waals surface area contributed by atoms with E-state index in [1.807, 2.05) is 21.1 Å². The van der Waals surface area contributed by atoms with Crippen LogP contribution in [-0.4, -0.2) is 75.6 Å². The fourth-order valence-corrected chi connectivity index (χ4v) is 6.85. The fraction of sp³-hybridized carbons (Fsp3) is 0.648. The maximum atomic E-state index is 12.7. The number of allylic oxidation sites excluding steroid dienone is 18. The van der Waals surface area contributed by atoms with Crippen molar-refractivity contribution < 1.29 is 37.3 Å². The van der Waals surface area contributed by atoms with Gasteiger partial charge in [-0.1, -0.05) is 181 Å². The van der Waals surface area contributed by atoms with Gasteiger partial charge in [0.1, 0.15) is 19.3 Å². The van der Waals surface area contributed by atoms with Crippen molar-refractivity contribution in [3.8, 4) is 0 Å². The second-order valence-electron chi connectivity index (χ2n) is 17.1. The Labute approximate surface area is 387 Å². The Kier molecular flexibility index (Phi) is 43.7. The predicted molar refractivity (Wildman–Crippen MR) is 270 cm³/mol. The molecular weight excluding hydrogens is 806 g/mol. The molecule has 0 aromatic heterocycles. The van der Waals surface area contributed by atoms with Crippen molar-refractivity contribution in [3.63, 3.8) is 0 Å². The maximum Gasteiger partial charge on any atom is 0.472 e. The number of carbonyl (C=O) groups is 1. The summed E-state index contributed by atoms with van der Waals surface area (Å²) in [7, 11) is 1.61. The van der Waals surface area contributed by atoms with Gasteiger partial charge in [0.05, 0.1) is 34.4 Å². The van der Waals surface area contributed by atoms with Gasteiger partial charge in [-0.2, -0.15) is 0 Å². The Morgan fingerprint density at radius 1 is 0.492 bits per heavy atom. The van der Waals surface area contributed by atoms with Crippen molar-refractivity contribution >= 4 is 13.8 Å². The lowest BCUT2D eigenvalue weighted by Gasteiger charge is -2.24. The molecular formula is C54H93NO7P+. The SMILES string of the molecule is CC/C=C\C/C=C\C/C=C\C/C=C\C/C=C\CCCC(=O)OC(COCCCCCCCCCCCCC/C=C\C/C=C\C/C=C\C/C=C\CC)COP(=O)(O)OCC[N+](C)(C)C. The molecule has 0 rings (SSSR count). The molecule has 0 aromatic rings. The summed E-state index contributed by atoms with van der Waals surface area (Å²) in [5.41, 5.74) is 0. The second-order valence-corrected chi connectivity index (χ2v) is 18.5. The van der Waals surface area contributed by atoms with Crippen LogP contribution in [0.2, 0.25) is 0 Å². The standard InChI is InChI=1S/C54H92NO7P/c1-6-8-10-12-14-16-18-20-22-24-25-26-27-28-29-30-32-34-36-38-40-42-44-46-49-59-51-53(52-61-63(57,58)60-50-48-55(3,4)5)62-54(56)47-45-43-41-39-37-35-33-31-23-21-19-17-15-13-11-9-7-2/h8-11,14-17,20-23,25-26,33,35,39,41,53H,6-7,12-13,18-19,24,27-32,34,36-38,40,42-52H2,1-5H3/p+1/b10-8-,11-9-,16-14-,17-15-,22-20-,23-21-,26-25-,35-33-,41-39-. The van der Waals surface area contributed by atoms with Crippen molar-refractivity contribution in [1.82, 2.24) is 0 Å². The van der Waals surface area contributed by atoms with Gasteiger partial charge in [-0.3, -0.25) is 13.8 Å². The molecule has 0 fully saturated rings. The van der Waals surface area contributed by atoms with E-state index in [-0.39, 0.29) is 32.2 Å². The molecule has 0 aliphatic heterocycles. The van der Waals surface area contributed by atoms with E-state index in [1.54, 1.807) is 0 Å². The van der Waals surface area contributed by atoms with Crippen LogP contribution in [-0.2, 0) is 27.9 Å². The molecule has 0 amide bonds. The third-order valence-electron chi connectivity index (χ3n) is 9.83. The lowest BCUT2D eigenvalue weighted by molar-refractivity contribution is -0.870. The van der Waals surface area contributed by atoms with Gasteiger partial charge in [0.2, 0.25) is 0 Å². The zero-order valence-corrected chi connectivity index (χ0v) is 41.7. The van der Waals surface area contributed by atoms with E-state index in [4.69, 9.17) is 18.5 Å². The van der Waals surface area contributed by atoms with Crippen LogP contribution in [0, 0.1) is 0 Å². The van der Waals surface area contributed by atoms with Crippen molar-refractivity contribution in [1.29, 1.82) is 0 Å². The quantitative estimate of drug-likeness (QED) is 0.0214. The molecule has 63 heavy (non-hydrogen) atoms. The lowest BCUT2D eigenvalue weighted by Crippen LogP contribution is -2.37. The van der Waals surface area contributed by atoms with E-state index in [1.165, 1.54) is 64.2 Å². The monoisotopic (exact) mass is 899 g/mol. The molecule has 0 saturated carbocycles. The number of carbonyl (C=O) groups excluding carboxylic acids is 1. The molecule has 9 heteroatoms. The summed E-state index contributed by atoms with van der Waals surface area (Å²) >= 11 is 0. The summed E-state index contributed by atoms with van der Waals surface area (Å²) in [5, 5.41) is 0. The number of quaternary nitrogens is 1. The maximum absolute atomic E-state index is 12.7. The van der Waals surface area contributed by atoms with Gasteiger partial charge in [0, 0.05) is 13.0 Å². The van der Waals surface area contributed by atoms with Gasteiger partial charge in [-0.25, -0.2) is 4.57 Å². The Hall–Kier alpha value is -2.84. The summed E-state index contributed by atoms with van der Waals surface area (Å²) in [6.07, 6.45) is 64.3. The molecule has 8 nitrogen and oxygen atoms in total. The highest BCUT2D eigenvalue weighted by molar-refractivity contribution is 7.47.